The van der Waals surface area contributed by atoms with Crippen molar-refractivity contribution in [3.8, 4) is 5.75 Å². The van der Waals surface area contributed by atoms with E-state index in [-0.39, 0.29) is 23.8 Å². The maximum Gasteiger partial charge on any atom is 0.255 e. The lowest BCUT2D eigenvalue weighted by Gasteiger charge is -2.26. The molecule has 158 valence electrons. The van der Waals surface area contributed by atoms with E-state index in [4.69, 9.17) is 4.74 Å². The van der Waals surface area contributed by atoms with E-state index in [2.05, 4.69) is 10.6 Å². The number of hydrogen-bond donors (Lipinski definition) is 2. The van der Waals surface area contributed by atoms with Gasteiger partial charge in [0, 0.05) is 11.3 Å². The van der Waals surface area contributed by atoms with Crippen LogP contribution in [0.4, 0.5) is 10.1 Å². The lowest BCUT2D eigenvalue weighted by atomic mass is 9.95. The lowest BCUT2D eigenvalue weighted by molar-refractivity contribution is -0.126. The molecule has 1 aliphatic rings. The summed E-state index contributed by atoms with van der Waals surface area (Å²) in [5.74, 6) is -0.402. The third-order valence-corrected chi connectivity index (χ3v) is 5.36. The van der Waals surface area contributed by atoms with Gasteiger partial charge in [0.05, 0.1) is 12.0 Å². The van der Waals surface area contributed by atoms with E-state index in [0.29, 0.717) is 30.0 Å². The molecule has 6 heteroatoms. The van der Waals surface area contributed by atoms with Crippen LogP contribution in [0.3, 0.4) is 0 Å². The second kappa shape index (κ2) is 9.00. The van der Waals surface area contributed by atoms with Crippen molar-refractivity contribution in [1.82, 2.24) is 5.32 Å². The molecule has 0 bridgehead atoms. The van der Waals surface area contributed by atoms with Gasteiger partial charge in [-0.1, -0.05) is 30.3 Å². The van der Waals surface area contributed by atoms with Crippen LogP contribution in [0.5, 0.6) is 5.75 Å². The second-order valence-corrected chi connectivity index (χ2v) is 7.64. The number of anilines is 1. The minimum atomic E-state index is -0.395. The highest BCUT2D eigenvalue weighted by atomic mass is 19.1. The minimum absolute atomic E-state index is 0.0669. The van der Waals surface area contributed by atoms with Crippen LogP contribution in [0.1, 0.15) is 34.5 Å². The molecule has 2 atom stereocenters. The van der Waals surface area contributed by atoms with E-state index in [1.165, 1.54) is 24.3 Å². The number of hydrogen-bond acceptors (Lipinski definition) is 3. The number of carbonyl (C=O) groups excluding carboxylic acids is 2. The van der Waals surface area contributed by atoms with Crippen molar-refractivity contribution in [2.75, 3.05) is 11.9 Å². The standard InChI is InChI=1S/C25H23FN2O3/c1-16(17-5-3-2-4-6-17)27-25(30)20-13-19-14-22(11-12-23(19)31-15-20)28-24(29)18-7-9-21(26)10-8-18/h2-12,14,16,20H,13,15H2,1H3,(H,27,30)(H,28,29)/t16-,20-/m0/s1. The molecule has 0 fully saturated rings. The normalized spacial score (nSPS) is 15.9. The van der Waals surface area contributed by atoms with Gasteiger partial charge in [-0.3, -0.25) is 9.59 Å². The number of nitrogens with one attached hydrogen (secondary N) is 2. The Morgan fingerprint density at radius 1 is 1.03 bits per heavy atom. The van der Waals surface area contributed by atoms with E-state index >= 15 is 0 Å². The summed E-state index contributed by atoms with van der Waals surface area (Å²) in [6.45, 7) is 2.26. The van der Waals surface area contributed by atoms with E-state index < -0.39 is 5.82 Å². The van der Waals surface area contributed by atoms with Crippen molar-refractivity contribution >= 4 is 17.5 Å². The Kier molecular flexibility index (Phi) is 5.98. The van der Waals surface area contributed by atoms with Gasteiger partial charge in [-0.15, -0.1) is 0 Å². The number of ether oxygens (including phenoxy) is 1. The number of rotatable bonds is 5. The van der Waals surface area contributed by atoms with E-state index in [1.54, 1.807) is 12.1 Å². The Bertz CT molecular complexity index is 1080. The smallest absolute Gasteiger partial charge is 0.255 e. The van der Waals surface area contributed by atoms with Crippen LogP contribution in [0.25, 0.3) is 0 Å². The predicted octanol–water partition coefficient (Wildman–Crippen LogP) is 4.51. The van der Waals surface area contributed by atoms with E-state index in [1.807, 2.05) is 43.3 Å². The second-order valence-electron chi connectivity index (χ2n) is 7.64. The summed E-state index contributed by atoms with van der Waals surface area (Å²) in [5.41, 5.74) is 2.85. The number of halogens is 1. The molecule has 1 aliphatic heterocycles. The number of fused-ring (bicyclic) bond motifs is 1. The van der Waals surface area contributed by atoms with Crippen LogP contribution in [0.15, 0.2) is 72.8 Å². The maximum atomic E-state index is 13.1. The van der Waals surface area contributed by atoms with Crippen molar-refractivity contribution in [2.45, 2.75) is 19.4 Å². The molecule has 0 saturated carbocycles. The first kappa shape index (κ1) is 20.6. The Balaban J connectivity index is 1.41. The zero-order chi connectivity index (χ0) is 21.8. The summed E-state index contributed by atoms with van der Waals surface area (Å²) in [6, 6.07) is 20.4. The largest absolute Gasteiger partial charge is 0.492 e. The molecule has 0 spiro atoms. The van der Waals surface area contributed by atoms with Crippen LogP contribution in [0.2, 0.25) is 0 Å². The molecule has 3 aromatic rings. The zero-order valence-electron chi connectivity index (χ0n) is 17.1. The molecule has 3 aromatic carbocycles. The van der Waals surface area contributed by atoms with Crippen LogP contribution < -0.4 is 15.4 Å². The van der Waals surface area contributed by atoms with Crippen LogP contribution in [-0.2, 0) is 11.2 Å². The number of carbonyl (C=O) groups is 2. The highest BCUT2D eigenvalue weighted by Gasteiger charge is 2.27. The Morgan fingerprint density at radius 3 is 2.52 bits per heavy atom. The summed E-state index contributed by atoms with van der Waals surface area (Å²) in [4.78, 5) is 25.2. The molecule has 0 aliphatic carbocycles. The topological polar surface area (TPSA) is 67.4 Å². The van der Waals surface area contributed by atoms with Crippen molar-refractivity contribution in [2.24, 2.45) is 5.92 Å². The summed E-state index contributed by atoms with van der Waals surface area (Å²) in [7, 11) is 0. The van der Waals surface area contributed by atoms with Crippen molar-refractivity contribution in [1.29, 1.82) is 0 Å². The molecule has 2 amide bonds. The molecule has 5 nitrogen and oxygen atoms in total. The van der Waals surface area contributed by atoms with Gasteiger partial charge in [-0.05, 0) is 66.9 Å². The first-order chi connectivity index (χ1) is 15.0. The molecular formula is C25H23FN2O3. The monoisotopic (exact) mass is 418 g/mol. The summed E-state index contributed by atoms with van der Waals surface area (Å²) < 4.78 is 18.9. The molecule has 0 saturated heterocycles. The van der Waals surface area contributed by atoms with Gasteiger partial charge in [-0.25, -0.2) is 4.39 Å². The van der Waals surface area contributed by atoms with Gasteiger partial charge < -0.3 is 15.4 Å². The number of benzene rings is 3. The average molecular weight is 418 g/mol. The summed E-state index contributed by atoms with van der Waals surface area (Å²) in [5, 5.41) is 5.86. The first-order valence-electron chi connectivity index (χ1n) is 10.2. The average Bonchev–Trinajstić information content (AvgIpc) is 2.79. The highest BCUT2D eigenvalue weighted by molar-refractivity contribution is 6.04. The lowest BCUT2D eigenvalue weighted by Crippen LogP contribution is -2.38. The highest BCUT2D eigenvalue weighted by Crippen LogP contribution is 2.30. The SMILES string of the molecule is C[C@H](NC(=O)[C@@H]1COc2ccc(NC(=O)c3ccc(F)cc3)cc2C1)c1ccccc1. The fraction of sp³-hybridized carbons (Fsp3) is 0.200. The predicted molar refractivity (Wildman–Crippen MR) is 116 cm³/mol. The third-order valence-electron chi connectivity index (χ3n) is 5.36. The van der Waals surface area contributed by atoms with E-state index in [9.17, 15) is 14.0 Å². The zero-order valence-corrected chi connectivity index (χ0v) is 17.1. The third kappa shape index (κ3) is 4.91. The Morgan fingerprint density at radius 2 is 1.77 bits per heavy atom. The van der Waals surface area contributed by atoms with Gasteiger partial charge in [-0.2, -0.15) is 0 Å². The summed E-state index contributed by atoms with van der Waals surface area (Å²) >= 11 is 0. The van der Waals surface area contributed by atoms with Crippen LogP contribution >= 0.6 is 0 Å². The number of amides is 2. The molecule has 31 heavy (non-hydrogen) atoms. The molecule has 4 rings (SSSR count). The molecule has 0 radical (unpaired) electrons. The van der Waals surface area contributed by atoms with Crippen molar-refractivity contribution in [3.05, 3.63) is 95.3 Å². The molecule has 0 unspecified atom stereocenters. The van der Waals surface area contributed by atoms with Crippen LogP contribution in [0, 0.1) is 11.7 Å². The molecular weight excluding hydrogens is 395 g/mol. The van der Waals surface area contributed by atoms with Gasteiger partial charge in [0.1, 0.15) is 18.2 Å². The van der Waals surface area contributed by atoms with Gasteiger partial charge in [0.15, 0.2) is 0 Å². The quantitative estimate of drug-likeness (QED) is 0.641. The first-order valence-corrected chi connectivity index (χ1v) is 10.2. The molecule has 2 N–H and O–H groups in total. The van der Waals surface area contributed by atoms with Gasteiger partial charge in [0.2, 0.25) is 5.91 Å². The van der Waals surface area contributed by atoms with Crippen molar-refractivity contribution in [3.63, 3.8) is 0 Å². The van der Waals surface area contributed by atoms with Crippen LogP contribution in [-0.4, -0.2) is 18.4 Å². The molecule has 0 aromatic heterocycles. The molecule has 1 heterocycles. The summed E-state index contributed by atoms with van der Waals surface area (Å²) in [6.07, 6.45) is 0.517. The fourth-order valence-electron chi connectivity index (χ4n) is 3.60. The van der Waals surface area contributed by atoms with Crippen molar-refractivity contribution < 1.29 is 18.7 Å². The van der Waals surface area contributed by atoms with E-state index in [0.717, 1.165) is 11.1 Å². The maximum absolute atomic E-state index is 13.1. The van der Waals surface area contributed by atoms with Gasteiger partial charge in [0.25, 0.3) is 5.91 Å². The minimum Gasteiger partial charge on any atom is -0.492 e. The Hall–Kier alpha value is -3.67. The van der Waals surface area contributed by atoms with Gasteiger partial charge >= 0.3 is 0 Å². The fourth-order valence-corrected chi connectivity index (χ4v) is 3.60. The Labute approximate surface area is 180 Å².